The maximum atomic E-state index is 12.3. The molecule has 2 aliphatic heterocycles. The summed E-state index contributed by atoms with van der Waals surface area (Å²) in [4.78, 5) is 29.5. The number of carbonyl (C=O) groups excluding carboxylic acids is 2. The number of hydrogen-bond acceptors (Lipinski definition) is 6. The van der Waals surface area contributed by atoms with Crippen molar-refractivity contribution in [2.45, 2.75) is 82.1 Å². The van der Waals surface area contributed by atoms with Crippen molar-refractivity contribution in [3.63, 3.8) is 0 Å². The van der Waals surface area contributed by atoms with Crippen LogP contribution in [0.15, 0.2) is 4.99 Å². The van der Waals surface area contributed by atoms with Crippen LogP contribution in [-0.4, -0.2) is 53.9 Å². The van der Waals surface area contributed by atoms with Crippen LogP contribution in [0.2, 0.25) is 0 Å². The van der Waals surface area contributed by atoms with Crippen LogP contribution < -0.4 is 0 Å². The van der Waals surface area contributed by atoms with Crippen LogP contribution >= 0.6 is 23.2 Å². The van der Waals surface area contributed by atoms with E-state index in [4.69, 9.17) is 32.7 Å². The van der Waals surface area contributed by atoms with Gasteiger partial charge in [0, 0.05) is 25.3 Å². The molecule has 0 N–H and O–H groups in total. The molecule has 30 heavy (non-hydrogen) atoms. The van der Waals surface area contributed by atoms with E-state index in [9.17, 15) is 9.59 Å². The first-order valence-corrected chi connectivity index (χ1v) is 12.0. The monoisotopic (exact) mass is 462 g/mol. The number of likely N-dealkylation sites (N-methyl/N-ethyl adjacent to an activating group) is 1. The molecule has 6 nitrogen and oxygen atoms in total. The third kappa shape index (κ3) is 6.74. The van der Waals surface area contributed by atoms with Gasteiger partial charge in [0.15, 0.2) is 10.5 Å². The second-order valence-corrected chi connectivity index (χ2v) is 9.75. The average molecular weight is 463 g/mol. The molecule has 2 rings (SSSR count). The Balaban J connectivity index is 1.74. The van der Waals surface area contributed by atoms with Crippen molar-refractivity contribution >= 4 is 41.5 Å². The molecule has 8 heteroatoms. The first-order valence-electron chi connectivity index (χ1n) is 11.2. The molecule has 0 aliphatic carbocycles. The molecule has 0 aromatic carbocycles. The lowest BCUT2D eigenvalue weighted by Gasteiger charge is -2.35. The topological polar surface area (TPSA) is 68.2 Å². The summed E-state index contributed by atoms with van der Waals surface area (Å²) in [6, 6.07) is 0. The highest BCUT2D eigenvalue weighted by Gasteiger charge is 2.50. The van der Waals surface area contributed by atoms with E-state index in [-0.39, 0.29) is 36.3 Å². The zero-order chi connectivity index (χ0) is 22.1. The molecule has 0 spiro atoms. The SMILES string of the molecule is CCCCCCCCCC(=O)OCC(C)[C@@H]1C(=O)OC[C@@H]1CC1(Cl)C(Cl)N=CN1C. The summed E-state index contributed by atoms with van der Waals surface area (Å²) in [6.45, 7) is 4.62. The van der Waals surface area contributed by atoms with Gasteiger partial charge in [-0.3, -0.25) is 14.6 Å². The Hall–Kier alpha value is -1.01. The fourth-order valence-electron chi connectivity index (χ4n) is 4.24. The quantitative estimate of drug-likeness (QED) is 0.167. The van der Waals surface area contributed by atoms with E-state index in [2.05, 4.69) is 11.9 Å². The van der Waals surface area contributed by atoms with E-state index in [1.807, 2.05) is 14.0 Å². The minimum absolute atomic E-state index is 0.0998. The van der Waals surface area contributed by atoms with Gasteiger partial charge in [-0.1, -0.05) is 75.6 Å². The summed E-state index contributed by atoms with van der Waals surface area (Å²) in [7, 11) is 1.82. The molecule has 2 aliphatic rings. The molecule has 1 fully saturated rings. The van der Waals surface area contributed by atoms with Crippen molar-refractivity contribution in [1.82, 2.24) is 4.90 Å². The van der Waals surface area contributed by atoms with Crippen molar-refractivity contribution in [3.8, 4) is 0 Å². The first-order chi connectivity index (χ1) is 14.3. The van der Waals surface area contributed by atoms with Gasteiger partial charge in [-0.25, -0.2) is 0 Å². The van der Waals surface area contributed by atoms with Gasteiger partial charge < -0.3 is 14.4 Å². The molecule has 0 aromatic rings. The second kappa shape index (κ2) is 12.1. The van der Waals surface area contributed by atoms with Gasteiger partial charge in [-0.15, -0.1) is 0 Å². The molecule has 2 heterocycles. The predicted octanol–water partition coefficient (Wildman–Crippen LogP) is 4.96. The minimum atomic E-state index is -0.883. The highest BCUT2D eigenvalue weighted by atomic mass is 35.5. The van der Waals surface area contributed by atoms with E-state index in [1.165, 1.54) is 32.1 Å². The van der Waals surface area contributed by atoms with E-state index in [1.54, 1.807) is 11.2 Å². The van der Waals surface area contributed by atoms with E-state index < -0.39 is 10.5 Å². The van der Waals surface area contributed by atoms with Crippen molar-refractivity contribution in [2.24, 2.45) is 22.7 Å². The van der Waals surface area contributed by atoms with Gasteiger partial charge in [0.25, 0.3) is 0 Å². The fourth-order valence-corrected chi connectivity index (χ4v) is 4.83. The molecular formula is C22H36Cl2N2O4. The maximum Gasteiger partial charge on any atom is 0.309 e. The number of carbonyl (C=O) groups is 2. The van der Waals surface area contributed by atoms with Gasteiger partial charge in [-0.2, -0.15) is 0 Å². The molecule has 0 aromatic heterocycles. The Morgan fingerprint density at radius 2 is 2.00 bits per heavy atom. The number of esters is 2. The molecule has 0 saturated carbocycles. The molecule has 0 amide bonds. The number of aliphatic imine (C=N–C) groups is 1. The van der Waals surface area contributed by atoms with Crippen molar-refractivity contribution in [2.75, 3.05) is 20.3 Å². The predicted molar refractivity (Wildman–Crippen MR) is 120 cm³/mol. The normalized spacial score (nSPS) is 29.3. The third-order valence-electron chi connectivity index (χ3n) is 6.19. The van der Waals surface area contributed by atoms with Crippen LogP contribution in [0.4, 0.5) is 0 Å². The van der Waals surface area contributed by atoms with E-state index in [0.717, 1.165) is 12.8 Å². The van der Waals surface area contributed by atoms with Crippen LogP contribution in [0.5, 0.6) is 0 Å². The molecule has 172 valence electrons. The zero-order valence-corrected chi connectivity index (χ0v) is 20.0. The lowest BCUT2D eigenvalue weighted by Crippen LogP contribution is -2.45. The second-order valence-electron chi connectivity index (χ2n) is 8.68. The van der Waals surface area contributed by atoms with Gasteiger partial charge in [0.1, 0.15) is 0 Å². The number of halogens is 2. The Bertz CT molecular complexity index is 590. The number of rotatable bonds is 13. The van der Waals surface area contributed by atoms with E-state index >= 15 is 0 Å². The van der Waals surface area contributed by atoms with E-state index in [0.29, 0.717) is 19.4 Å². The zero-order valence-electron chi connectivity index (χ0n) is 18.4. The lowest BCUT2D eigenvalue weighted by atomic mass is 9.81. The molecular weight excluding hydrogens is 427 g/mol. The number of cyclic esters (lactones) is 1. The Kier molecular flexibility index (Phi) is 10.2. The van der Waals surface area contributed by atoms with Crippen molar-refractivity contribution in [1.29, 1.82) is 0 Å². The number of ether oxygens (including phenoxy) is 2. The minimum Gasteiger partial charge on any atom is -0.465 e. The highest BCUT2D eigenvalue weighted by molar-refractivity contribution is 6.33. The molecule has 0 bridgehead atoms. The van der Waals surface area contributed by atoms with Crippen LogP contribution in [0.1, 0.15) is 71.6 Å². The summed E-state index contributed by atoms with van der Waals surface area (Å²) in [5.74, 6) is -1.08. The van der Waals surface area contributed by atoms with Gasteiger partial charge >= 0.3 is 11.9 Å². The van der Waals surface area contributed by atoms with Crippen molar-refractivity contribution in [3.05, 3.63) is 0 Å². The standard InChI is InChI=1S/C22H36Cl2N2O4/c1-4-5-6-7-8-9-10-11-18(27)29-13-16(2)19-17(14-30-20(19)28)12-22(24)21(23)25-15-26(22)3/h15-17,19,21H,4-14H2,1-3H3/t16?,17-,19-,21?,22?/m0/s1. The van der Waals surface area contributed by atoms with Crippen LogP contribution in [0, 0.1) is 17.8 Å². The maximum absolute atomic E-state index is 12.3. The smallest absolute Gasteiger partial charge is 0.309 e. The fraction of sp³-hybridized carbons (Fsp3) is 0.864. The lowest BCUT2D eigenvalue weighted by molar-refractivity contribution is -0.149. The summed E-state index contributed by atoms with van der Waals surface area (Å²) in [5.41, 5.74) is -0.587. The number of unbranched alkanes of at least 4 members (excludes halogenated alkanes) is 6. The number of nitrogens with zero attached hydrogens (tertiary/aromatic N) is 2. The summed E-state index contributed by atoms with van der Waals surface area (Å²) < 4.78 is 10.8. The number of hydrogen-bond donors (Lipinski definition) is 0. The average Bonchev–Trinajstić information content (AvgIpc) is 3.19. The first kappa shape index (κ1) is 25.3. The Labute approximate surface area is 190 Å². The molecule has 5 atom stereocenters. The summed E-state index contributed by atoms with van der Waals surface area (Å²) in [5, 5.41) is 0. The Morgan fingerprint density at radius 1 is 1.33 bits per heavy atom. The van der Waals surface area contributed by atoms with Gasteiger partial charge in [0.05, 0.1) is 25.5 Å². The largest absolute Gasteiger partial charge is 0.465 e. The van der Waals surface area contributed by atoms with Gasteiger partial charge in [-0.05, 0) is 12.8 Å². The highest BCUT2D eigenvalue weighted by Crippen LogP contribution is 2.43. The third-order valence-corrected chi connectivity index (χ3v) is 7.41. The molecule has 1 saturated heterocycles. The summed E-state index contributed by atoms with van der Waals surface area (Å²) >= 11 is 13.0. The Morgan fingerprint density at radius 3 is 2.63 bits per heavy atom. The molecule has 0 radical (unpaired) electrons. The van der Waals surface area contributed by atoms with Crippen LogP contribution in [0.3, 0.4) is 0 Å². The number of alkyl halides is 2. The van der Waals surface area contributed by atoms with Crippen molar-refractivity contribution < 1.29 is 19.1 Å². The van der Waals surface area contributed by atoms with Crippen LogP contribution in [-0.2, 0) is 19.1 Å². The van der Waals surface area contributed by atoms with Crippen LogP contribution in [0.25, 0.3) is 0 Å². The van der Waals surface area contributed by atoms with Gasteiger partial charge in [0.2, 0.25) is 0 Å². The molecule has 3 unspecified atom stereocenters. The summed E-state index contributed by atoms with van der Waals surface area (Å²) in [6.07, 6.45) is 10.6.